The lowest BCUT2D eigenvalue weighted by Crippen LogP contribution is -2.29. The molecule has 0 radical (unpaired) electrons. The Hall–Kier alpha value is -2.70. The van der Waals surface area contributed by atoms with E-state index in [1.54, 1.807) is 38.2 Å². The Labute approximate surface area is 114 Å². The fourth-order valence-corrected chi connectivity index (χ4v) is 2.19. The normalized spacial score (nSPS) is 11.1. The number of hydrogen-bond acceptors (Lipinski definition) is 5. The molecule has 20 heavy (non-hydrogen) atoms. The highest BCUT2D eigenvalue weighted by molar-refractivity contribution is 5.94. The molecule has 1 aromatic carbocycles. The molecule has 2 heterocycles. The fourth-order valence-electron chi connectivity index (χ4n) is 2.19. The Morgan fingerprint density at radius 2 is 2.20 bits per heavy atom. The first-order valence-electron chi connectivity index (χ1n) is 6.15. The van der Waals surface area contributed by atoms with Crippen molar-refractivity contribution in [3.8, 4) is 6.01 Å². The lowest BCUT2D eigenvalue weighted by atomic mass is 10.3. The third-order valence-corrected chi connectivity index (χ3v) is 2.98. The third-order valence-electron chi connectivity index (χ3n) is 2.98. The van der Waals surface area contributed by atoms with Gasteiger partial charge in [0.2, 0.25) is 11.7 Å². The standard InChI is InChI=1S/C13H12N4O3/c1-3-20-12(18)10-11-16(2)15-13(19)17(11)9-7-5-4-6-8(9)14-10/h4-7H,3H2,1-2H3. The van der Waals surface area contributed by atoms with Crippen LogP contribution in [0.15, 0.2) is 24.3 Å². The van der Waals surface area contributed by atoms with Crippen molar-refractivity contribution in [3.05, 3.63) is 30.0 Å². The van der Waals surface area contributed by atoms with E-state index in [0.29, 0.717) is 16.7 Å². The summed E-state index contributed by atoms with van der Waals surface area (Å²) in [5, 5.41) is 15.8. The molecule has 0 unspecified atom stereocenters. The molecular formula is C13H12N4O3. The molecule has 0 aliphatic heterocycles. The van der Waals surface area contributed by atoms with Gasteiger partial charge in [0.15, 0.2) is 0 Å². The molecule has 3 rings (SSSR count). The summed E-state index contributed by atoms with van der Waals surface area (Å²) >= 11 is 0. The number of aryl methyl sites for hydroxylation is 1. The van der Waals surface area contributed by atoms with Crippen LogP contribution < -0.4 is 9.51 Å². The molecule has 7 heteroatoms. The molecule has 0 amide bonds. The van der Waals surface area contributed by atoms with E-state index in [9.17, 15) is 9.90 Å². The Balaban J connectivity index is 2.46. The molecule has 0 fully saturated rings. The van der Waals surface area contributed by atoms with Crippen molar-refractivity contribution >= 4 is 22.6 Å². The van der Waals surface area contributed by atoms with Gasteiger partial charge in [-0.15, -0.1) is 4.68 Å². The predicted octanol–water partition coefficient (Wildman–Crippen LogP) is -0.0427. The average molecular weight is 272 g/mol. The van der Waals surface area contributed by atoms with E-state index in [1.165, 1.54) is 9.08 Å². The number of hydrogen-bond donors (Lipinski definition) is 0. The number of carbonyl (C=O) groups is 1. The number of carbonyl (C=O) groups excluding carboxylic acids is 1. The van der Waals surface area contributed by atoms with Crippen molar-refractivity contribution in [1.82, 2.24) is 14.8 Å². The number of benzene rings is 1. The highest BCUT2D eigenvalue weighted by Crippen LogP contribution is 2.15. The molecular weight excluding hydrogens is 260 g/mol. The van der Waals surface area contributed by atoms with Gasteiger partial charge in [0.05, 0.1) is 13.7 Å². The Kier molecular flexibility index (Phi) is 2.74. The molecule has 102 valence electrons. The van der Waals surface area contributed by atoms with E-state index in [4.69, 9.17) is 4.74 Å². The molecule has 0 aliphatic carbocycles. The molecule has 3 aromatic rings. The van der Waals surface area contributed by atoms with Gasteiger partial charge in [0.25, 0.3) is 5.65 Å². The van der Waals surface area contributed by atoms with Crippen LogP contribution in [0, 0.1) is 0 Å². The predicted molar refractivity (Wildman–Crippen MR) is 67.1 cm³/mol. The molecule has 0 aliphatic rings. The zero-order valence-corrected chi connectivity index (χ0v) is 11.0. The third kappa shape index (κ3) is 1.67. The lowest BCUT2D eigenvalue weighted by molar-refractivity contribution is -0.565. The summed E-state index contributed by atoms with van der Waals surface area (Å²) in [5.74, 6) is -0.571. The van der Waals surface area contributed by atoms with Gasteiger partial charge < -0.3 is 9.84 Å². The van der Waals surface area contributed by atoms with E-state index in [2.05, 4.69) is 10.1 Å². The number of aromatic nitrogens is 4. The SMILES string of the molecule is CCOC(=O)c1nc2ccccc2[n+]2c([O-])nn(C)c12. The van der Waals surface area contributed by atoms with E-state index >= 15 is 0 Å². The van der Waals surface area contributed by atoms with Crippen LogP contribution >= 0.6 is 0 Å². The van der Waals surface area contributed by atoms with Gasteiger partial charge in [-0.1, -0.05) is 12.1 Å². The van der Waals surface area contributed by atoms with Gasteiger partial charge in [-0.3, -0.25) is 0 Å². The van der Waals surface area contributed by atoms with Crippen LogP contribution in [-0.2, 0) is 11.8 Å². The second kappa shape index (κ2) is 4.44. The van der Waals surface area contributed by atoms with E-state index in [0.717, 1.165) is 0 Å². The summed E-state index contributed by atoms with van der Waals surface area (Å²) in [5.41, 5.74) is 1.56. The minimum atomic E-state index is -0.571. The Morgan fingerprint density at radius 1 is 1.45 bits per heavy atom. The quantitative estimate of drug-likeness (QED) is 0.482. The molecule has 0 N–H and O–H groups in total. The number of rotatable bonds is 2. The number of para-hydroxylation sites is 2. The van der Waals surface area contributed by atoms with Crippen molar-refractivity contribution in [2.24, 2.45) is 7.05 Å². The zero-order valence-electron chi connectivity index (χ0n) is 11.0. The van der Waals surface area contributed by atoms with Gasteiger partial charge in [-0.25, -0.2) is 9.78 Å². The molecule has 0 bridgehead atoms. The van der Waals surface area contributed by atoms with Gasteiger partial charge in [0, 0.05) is 5.10 Å². The summed E-state index contributed by atoms with van der Waals surface area (Å²) < 4.78 is 7.70. The largest absolute Gasteiger partial charge is 0.817 e. The van der Waals surface area contributed by atoms with E-state index in [1.807, 2.05) is 0 Å². The number of nitrogens with zero attached hydrogens (tertiary/aromatic N) is 4. The highest BCUT2D eigenvalue weighted by atomic mass is 16.5. The maximum atomic E-state index is 12.0. The summed E-state index contributed by atoms with van der Waals surface area (Å²) in [6.45, 7) is 1.95. The minimum absolute atomic E-state index is 0.0858. The van der Waals surface area contributed by atoms with Crippen LogP contribution in [0.3, 0.4) is 0 Å². The van der Waals surface area contributed by atoms with Gasteiger partial charge in [0.1, 0.15) is 11.0 Å². The number of esters is 1. The summed E-state index contributed by atoms with van der Waals surface area (Å²) in [6.07, 6.45) is 0. The van der Waals surface area contributed by atoms with Crippen molar-refractivity contribution < 1.29 is 19.0 Å². The first-order chi connectivity index (χ1) is 9.63. The van der Waals surface area contributed by atoms with Gasteiger partial charge in [-0.2, -0.15) is 4.40 Å². The Morgan fingerprint density at radius 3 is 2.95 bits per heavy atom. The highest BCUT2D eigenvalue weighted by Gasteiger charge is 2.25. The molecule has 7 nitrogen and oxygen atoms in total. The summed E-state index contributed by atoms with van der Waals surface area (Å²) in [7, 11) is 1.59. The maximum absolute atomic E-state index is 12.0. The molecule has 2 aromatic heterocycles. The Bertz CT molecular complexity index is 825. The van der Waals surface area contributed by atoms with Crippen LogP contribution in [0.5, 0.6) is 6.01 Å². The molecule has 0 saturated heterocycles. The van der Waals surface area contributed by atoms with Gasteiger partial charge >= 0.3 is 5.97 Å². The number of fused-ring (bicyclic) bond motifs is 3. The summed E-state index contributed by atoms with van der Waals surface area (Å²) in [4.78, 5) is 16.3. The van der Waals surface area contributed by atoms with Crippen LogP contribution in [0.1, 0.15) is 17.4 Å². The van der Waals surface area contributed by atoms with E-state index in [-0.39, 0.29) is 12.3 Å². The van der Waals surface area contributed by atoms with Crippen LogP contribution in [-0.4, -0.2) is 27.3 Å². The summed E-state index contributed by atoms with van der Waals surface area (Å²) in [6, 6.07) is 6.63. The molecule has 0 saturated carbocycles. The monoisotopic (exact) mass is 272 g/mol. The van der Waals surface area contributed by atoms with Crippen molar-refractivity contribution in [3.63, 3.8) is 0 Å². The van der Waals surface area contributed by atoms with Crippen molar-refractivity contribution in [2.45, 2.75) is 6.92 Å². The topological polar surface area (TPSA) is 84.2 Å². The van der Waals surface area contributed by atoms with Crippen molar-refractivity contribution in [2.75, 3.05) is 6.61 Å². The molecule has 0 atom stereocenters. The maximum Gasteiger partial charge on any atom is 0.364 e. The lowest BCUT2D eigenvalue weighted by Gasteiger charge is -2.05. The van der Waals surface area contributed by atoms with Crippen LogP contribution in [0.4, 0.5) is 0 Å². The second-order valence-corrected chi connectivity index (χ2v) is 4.23. The number of ether oxygens (including phenoxy) is 1. The average Bonchev–Trinajstić information content (AvgIpc) is 2.74. The van der Waals surface area contributed by atoms with Crippen LogP contribution in [0.25, 0.3) is 16.7 Å². The zero-order chi connectivity index (χ0) is 14.3. The fraction of sp³-hybridized carbons (Fsp3) is 0.231. The first-order valence-corrected chi connectivity index (χ1v) is 6.15. The first kappa shape index (κ1) is 12.3. The van der Waals surface area contributed by atoms with Crippen molar-refractivity contribution in [1.29, 1.82) is 0 Å². The minimum Gasteiger partial charge on any atom is -0.817 e. The van der Waals surface area contributed by atoms with Gasteiger partial charge in [-0.05, 0) is 19.1 Å². The molecule has 0 spiro atoms. The second-order valence-electron chi connectivity index (χ2n) is 4.23. The van der Waals surface area contributed by atoms with Crippen LogP contribution in [0.2, 0.25) is 0 Å². The smallest absolute Gasteiger partial charge is 0.364 e. The van der Waals surface area contributed by atoms with E-state index < -0.39 is 12.0 Å².